The first-order chi connectivity index (χ1) is 8.74. The number of nitrogens with one attached hydrogen (secondary N) is 1. The van der Waals surface area contributed by atoms with Gasteiger partial charge in [-0.15, -0.1) is 5.10 Å². The lowest BCUT2D eigenvalue weighted by molar-refractivity contribution is 0.958. The summed E-state index contributed by atoms with van der Waals surface area (Å²) in [6, 6.07) is 12.3. The molecule has 0 amide bonds. The van der Waals surface area contributed by atoms with Gasteiger partial charge in [0.1, 0.15) is 0 Å². The van der Waals surface area contributed by atoms with Crippen LogP contribution in [0.5, 0.6) is 0 Å². The molecule has 0 radical (unpaired) electrons. The summed E-state index contributed by atoms with van der Waals surface area (Å²) in [5.74, 6) is 0. The largest absolute Gasteiger partial charge is 0.356 e. The highest BCUT2D eigenvalue weighted by atomic mass is 35.5. The highest BCUT2D eigenvalue weighted by Gasteiger charge is 2.10. The molecule has 18 heavy (non-hydrogen) atoms. The van der Waals surface area contributed by atoms with Gasteiger partial charge in [-0.3, -0.25) is 0 Å². The predicted molar refractivity (Wildman–Crippen MR) is 72.9 cm³/mol. The lowest BCUT2D eigenvalue weighted by atomic mass is 10.1. The smallest absolute Gasteiger partial charge is 0.175 e. The standard InChI is InChI=1S/C14H12ClN3/c1-9-7-11-12(8-10-5-3-2-4-6-10)17-18-14(15)13(11)16-9/h2-7,16H,8H2,1H3. The van der Waals surface area contributed by atoms with E-state index in [-0.39, 0.29) is 0 Å². The number of nitrogens with zero attached hydrogens (tertiary/aromatic N) is 2. The molecule has 1 N–H and O–H groups in total. The summed E-state index contributed by atoms with van der Waals surface area (Å²) in [7, 11) is 0. The number of hydrogen-bond donors (Lipinski definition) is 1. The molecule has 0 atom stereocenters. The van der Waals surface area contributed by atoms with Gasteiger partial charge in [0, 0.05) is 17.5 Å². The van der Waals surface area contributed by atoms with Crippen LogP contribution in [-0.2, 0) is 6.42 Å². The molecule has 0 saturated heterocycles. The van der Waals surface area contributed by atoms with Crippen molar-refractivity contribution < 1.29 is 0 Å². The Hall–Kier alpha value is -1.87. The van der Waals surface area contributed by atoms with Crippen molar-refractivity contribution in [2.75, 3.05) is 0 Å². The fourth-order valence-corrected chi connectivity index (χ4v) is 2.29. The van der Waals surface area contributed by atoms with Gasteiger partial charge in [-0.2, -0.15) is 5.10 Å². The number of rotatable bonds is 2. The van der Waals surface area contributed by atoms with Crippen molar-refractivity contribution in [1.82, 2.24) is 15.2 Å². The van der Waals surface area contributed by atoms with Crippen LogP contribution in [0.4, 0.5) is 0 Å². The molecule has 0 spiro atoms. The Morgan fingerprint density at radius 3 is 2.72 bits per heavy atom. The first-order valence-electron chi connectivity index (χ1n) is 5.78. The number of benzene rings is 1. The molecule has 0 saturated carbocycles. The topological polar surface area (TPSA) is 41.6 Å². The van der Waals surface area contributed by atoms with Crippen LogP contribution in [0.3, 0.4) is 0 Å². The number of aromatic amines is 1. The number of fused-ring (bicyclic) bond motifs is 1. The highest BCUT2D eigenvalue weighted by molar-refractivity contribution is 6.33. The Labute approximate surface area is 110 Å². The fourth-order valence-electron chi connectivity index (χ4n) is 2.11. The monoisotopic (exact) mass is 257 g/mol. The van der Waals surface area contributed by atoms with Gasteiger partial charge in [0.15, 0.2) is 5.15 Å². The van der Waals surface area contributed by atoms with Gasteiger partial charge in [-0.1, -0.05) is 41.9 Å². The van der Waals surface area contributed by atoms with E-state index >= 15 is 0 Å². The molecule has 0 fully saturated rings. The van der Waals surface area contributed by atoms with E-state index in [9.17, 15) is 0 Å². The lowest BCUT2D eigenvalue weighted by Gasteiger charge is -2.02. The first-order valence-corrected chi connectivity index (χ1v) is 6.16. The minimum Gasteiger partial charge on any atom is -0.356 e. The Balaban J connectivity index is 2.10. The second-order valence-electron chi connectivity index (χ2n) is 4.34. The number of hydrogen-bond acceptors (Lipinski definition) is 2. The third kappa shape index (κ3) is 1.97. The number of H-pyrrole nitrogens is 1. The molecule has 3 aromatic rings. The molecular formula is C14H12ClN3. The van der Waals surface area contributed by atoms with Gasteiger partial charge in [-0.25, -0.2) is 0 Å². The van der Waals surface area contributed by atoms with Gasteiger partial charge < -0.3 is 4.98 Å². The van der Waals surface area contributed by atoms with Crippen LogP contribution in [-0.4, -0.2) is 15.2 Å². The molecule has 3 rings (SSSR count). The maximum atomic E-state index is 6.04. The summed E-state index contributed by atoms with van der Waals surface area (Å²) in [5, 5.41) is 9.69. The minimum absolute atomic E-state index is 0.426. The average molecular weight is 258 g/mol. The van der Waals surface area contributed by atoms with Crippen molar-refractivity contribution in [2.45, 2.75) is 13.3 Å². The second-order valence-corrected chi connectivity index (χ2v) is 4.70. The number of aryl methyl sites for hydroxylation is 1. The van der Waals surface area contributed by atoms with Crippen LogP contribution in [0.25, 0.3) is 10.9 Å². The van der Waals surface area contributed by atoms with Crippen LogP contribution in [0, 0.1) is 6.92 Å². The van der Waals surface area contributed by atoms with Crippen LogP contribution in [0.15, 0.2) is 36.4 Å². The zero-order chi connectivity index (χ0) is 12.5. The van der Waals surface area contributed by atoms with Crippen molar-refractivity contribution in [3.63, 3.8) is 0 Å². The molecule has 1 aromatic carbocycles. The molecule has 3 nitrogen and oxygen atoms in total. The Morgan fingerprint density at radius 1 is 1.17 bits per heavy atom. The quantitative estimate of drug-likeness (QED) is 0.763. The van der Waals surface area contributed by atoms with E-state index in [0.717, 1.165) is 28.7 Å². The Bertz CT molecular complexity index is 689. The van der Waals surface area contributed by atoms with Crippen molar-refractivity contribution in [2.24, 2.45) is 0 Å². The summed E-state index contributed by atoms with van der Waals surface area (Å²) >= 11 is 6.04. The summed E-state index contributed by atoms with van der Waals surface area (Å²) in [6.45, 7) is 2.00. The summed E-state index contributed by atoms with van der Waals surface area (Å²) < 4.78 is 0. The molecule has 0 bridgehead atoms. The first kappa shape index (κ1) is 11.2. The molecule has 2 aromatic heterocycles. The average Bonchev–Trinajstić information content (AvgIpc) is 2.77. The Kier molecular flexibility index (Phi) is 2.76. The number of halogens is 1. The molecule has 0 aliphatic rings. The predicted octanol–water partition coefficient (Wildman–Crippen LogP) is 3.51. The zero-order valence-corrected chi connectivity index (χ0v) is 10.7. The molecule has 2 heterocycles. The fraction of sp³-hybridized carbons (Fsp3) is 0.143. The minimum atomic E-state index is 0.426. The van der Waals surface area contributed by atoms with Crippen LogP contribution < -0.4 is 0 Å². The van der Waals surface area contributed by atoms with E-state index < -0.39 is 0 Å². The number of aromatic nitrogens is 3. The van der Waals surface area contributed by atoms with Crippen molar-refractivity contribution in [3.8, 4) is 0 Å². The van der Waals surface area contributed by atoms with Crippen LogP contribution in [0.2, 0.25) is 5.15 Å². The van der Waals surface area contributed by atoms with Crippen molar-refractivity contribution in [1.29, 1.82) is 0 Å². The van der Waals surface area contributed by atoms with Crippen LogP contribution in [0.1, 0.15) is 17.0 Å². The Morgan fingerprint density at radius 2 is 1.94 bits per heavy atom. The third-order valence-corrected chi connectivity index (χ3v) is 3.21. The molecular weight excluding hydrogens is 246 g/mol. The molecule has 0 aliphatic carbocycles. The van der Waals surface area contributed by atoms with E-state index in [0.29, 0.717) is 5.15 Å². The molecule has 4 heteroatoms. The highest BCUT2D eigenvalue weighted by Crippen LogP contribution is 2.24. The van der Waals surface area contributed by atoms with Gasteiger partial charge in [0.25, 0.3) is 0 Å². The summed E-state index contributed by atoms with van der Waals surface area (Å²) in [5.41, 5.74) is 4.10. The van der Waals surface area contributed by atoms with E-state index in [1.54, 1.807) is 0 Å². The molecule has 0 unspecified atom stereocenters. The van der Waals surface area contributed by atoms with Gasteiger partial charge in [-0.05, 0) is 18.6 Å². The van der Waals surface area contributed by atoms with E-state index in [4.69, 9.17) is 11.6 Å². The van der Waals surface area contributed by atoms with Crippen molar-refractivity contribution >= 4 is 22.5 Å². The maximum absolute atomic E-state index is 6.04. The van der Waals surface area contributed by atoms with Gasteiger partial charge >= 0.3 is 0 Å². The third-order valence-electron chi connectivity index (χ3n) is 2.94. The maximum Gasteiger partial charge on any atom is 0.175 e. The lowest BCUT2D eigenvalue weighted by Crippen LogP contribution is -1.96. The normalized spacial score (nSPS) is 11.0. The van der Waals surface area contributed by atoms with Crippen molar-refractivity contribution in [3.05, 3.63) is 58.5 Å². The summed E-state index contributed by atoms with van der Waals surface area (Å²) in [6.07, 6.45) is 0.763. The van der Waals surface area contributed by atoms with E-state index in [2.05, 4.69) is 33.4 Å². The SMILES string of the molecule is Cc1cc2c(Cc3ccccc3)nnc(Cl)c2[nH]1. The zero-order valence-electron chi connectivity index (χ0n) is 9.94. The van der Waals surface area contributed by atoms with E-state index in [1.807, 2.05) is 25.1 Å². The second kappa shape index (κ2) is 4.42. The van der Waals surface area contributed by atoms with Gasteiger partial charge in [0.05, 0.1) is 11.2 Å². The van der Waals surface area contributed by atoms with E-state index in [1.165, 1.54) is 5.56 Å². The van der Waals surface area contributed by atoms with Gasteiger partial charge in [0.2, 0.25) is 0 Å². The summed E-state index contributed by atoms with van der Waals surface area (Å²) in [4.78, 5) is 3.22. The van der Waals surface area contributed by atoms with Crippen LogP contribution >= 0.6 is 11.6 Å². The molecule has 0 aliphatic heterocycles. The molecule has 90 valence electrons.